The van der Waals surface area contributed by atoms with E-state index < -0.39 is 33.8 Å². The number of carbonyl (C=O) groups excluding carboxylic acids is 1. The van der Waals surface area contributed by atoms with Crippen LogP contribution in [0.1, 0.15) is 71.4 Å². The molecule has 10 nitrogen and oxygen atoms in total. The summed E-state index contributed by atoms with van der Waals surface area (Å²) in [5, 5.41) is 12.4. The molecule has 3 N–H and O–H groups in total. The molecule has 3 aromatic heterocycles. The summed E-state index contributed by atoms with van der Waals surface area (Å²) in [5.74, 6) is -0.956. The van der Waals surface area contributed by atoms with Crippen molar-refractivity contribution in [2.75, 3.05) is 11.9 Å². The highest BCUT2D eigenvalue weighted by Crippen LogP contribution is 2.57. The topological polar surface area (TPSA) is 129 Å². The number of nitrogens with one attached hydrogen (secondary N) is 1. The first-order valence-electron chi connectivity index (χ1n) is 16.3. The second kappa shape index (κ2) is 13.3. The summed E-state index contributed by atoms with van der Waals surface area (Å²) >= 11 is 1.43. The molecule has 266 valence electrons. The van der Waals surface area contributed by atoms with Crippen molar-refractivity contribution < 1.29 is 27.1 Å². The number of alkyl halides is 3. The molecule has 50 heavy (non-hydrogen) atoms. The van der Waals surface area contributed by atoms with Gasteiger partial charge in [0.1, 0.15) is 10.5 Å². The smallest absolute Gasteiger partial charge is 0.324 e. The molecule has 0 bridgehead atoms. The van der Waals surface area contributed by atoms with Crippen LogP contribution in [0.5, 0.6) is 0 Å². The van der Waals surface area contributed by atoms with E-state index in [1.165, 1.54) is 21.7 Å². The van der Waals surface area contributed by atoms with E-state index in [0.717, 1.165) is 39.2 Å². The number of aryl methyl sites for hydroxylation is 3. The zero-order chi connectivity index (χ0) is 36.2. The number of benzene rings is 2. The lowest BCUT2D eigenvalue weighted by atomic mass is 9.73. The van der Waals surface area contributed by atoms with Crippen LogP contribution in [0, 0.1) is 25.2 Å². The van der Waals surface area contributed by atoms with Gasteiger partial charge in [0, 0.05) is 24.2 Å². The van der Waals surface area contributed by atoms with Crippen LogP contribution in [0.4, 0.5) is 18.9 Å². The Kier molecular flexibility index (Phi) is 9.58. The van der Waals surface area contributed by atoms with Crippen LogP contribution in [0.25, 0.3) is 11.0 Å². The number of carbonyl (C=O) groups is 1. The monoisotopic (exact) mass is 727 g/mol. The van der Waals surface area contributed by atoms with Gasteiger partial charge in [0.25, 0.3) is 0 Å². The fourth-order valence-corrected chi connectivity index (χ4v) is 9.70. The summed E-state index contributed by atoms with van der Waals surface area (Å²) in [6, 6.07) is 10.6. The lowest BCUT2D eigenvalue weighted by Gasteiger charge is -2.42. The Hall–Kier alpha value is -3.89. The Morgan fingerprint density at radius 2 is 1.92 bits per heavy atom. The van der Waals surface area contributed by atoms with Gasteiger partial charge in [-0.2, -0.15) is 17.5 Å². The van der Waals surface area contributed by atoms with Crippen LogP contribution in [-0.4, -0.2) is 50.8 Å². The zero-order valence-corrected chi connectivity index (χ0v) is 30.2. The molecule has 0 fully saturated rings. The number of nitrogens with zero attached hydrogens (tertiary/aromatic N) is 6. The summed E-state index contributed by atoms with van der Waals surface area (Å²) in [7, 11) is -3.66. The Balaban J connectivity index is 1.41. The molecule has 4 heterocycles. The normalized spacial score (nSPS) is 18.0. The Bertz CT molecular complexity index is 2050. The zero-order valence-electron chi connectivity index (χ0n) is 28.6. The van der Waals surface area contributed by atoms with Gasteiger partial charge in [-0.05, 0) is 86.2 Å². The molecule has 1 aliphatic rings. The van der Waals surface area contributed by atoms with Crippen molar-refractivity contribution in [1.29, 1.82) is 0 Å². The van der Waals surface area contributed by atoms with Gasteiger partial charge in [0.05, 0.1) is 51.4 Å². The number of fused-ring (bicyclic) bond motifs is 2. The predicted octanol–water partition coefficient (Wildman–Crippen LogP) is 8.45. The van der Waals surface area contributed by atoms with Gasteiger partial charge in [0.2, 0.25) is 5.91 Å². The van der Waals surface area contributed by atoms with Crippen molar-refractivity contribution >= 4 is 44.7 Å². The average Bonchev–Trinajstić information content (AvgIpc) is 3.62. The van der Waals surface area contributed by atoms with E-state index in [0.29, 0.717) is 22.9 Å². The number of halogens is 3. The van der Waals surface area contributed by atoms with E-state index in [-0.39, 0.29) is 41.8 Å². The van der Waals surface area contributed by atoms with E-state index in [1.54, 1.807) is 24.5 Å². The van der Waals surface area contributed by atoms with E-state index >= 15 is 0 Å². The lowest BCUT2D eigenvalue weighted by Crippen LogP contribution is -2.37. The van der Waals surface area contributed by atoms with Gasteiger partial charge >= 0.3 is 6.18 Å². The van der Waals surface area contributed by atoms with Crippen molar-refractivity contribution in [3.05, 3.63) is 92.7 Å². The molecule has 0 radical (unpaired) electrons. The molecular weight excluding hydrogens is 688 g/mol. The van der Waals surface area contributed by atoms with Crippen LogP contribution in [0.3, 0.4) is 0 Å². The predicted molar refractivity (Wildman–Crippen MR) is 189 cm³/mol. The number of hydrogen-bond acceptors (Lipinski definition) is 9. The number of hydrogen-bond donors (Lipinski definition) is 3. The Morgan fingerprint density at radius 3 is 2.60 bits per heavy atom. The number of anilines is 1. The maximum Gasteiger partial charge on any atom is 0.416 e. The maximum absolute atomic E-state index is 14.1. The van der Waals surface area contributed by atoms with Crippen molar-refractivity contribution in [3.8, 4) is 0 Å². The van der Waals surface area contributed by atoms with Crippen molar-refractivity contribution in [1.82, 2.24) is 29.3 Å². The Morgan fingerprint density at radius 1 is 1.16 bits per heavy atom. The van der Waals surface area contributed by atoms with Gasteiger partial charge in [-0.1, -0.05) is 32.1 Å². The molecule has 2 unspecified atom stereocenters. The van der Waals surface area contributed by atoms with E-state index in [4.69, 9.17) is 4.98 Å². The summed E-state index contributed by atoms with van der Waals surface area (Å²) < 4.78 is 67.2. The number of amides is 1. The summed E-state index contributed by atoms with van der Waals surface area (Å²) in [6.45, 7) is 12.4. The highest BCUT2D eigenvalue weighted by Gasteiger charge is 2.43. The third-order valence-corrected chi connectivity index (χ3v) is 12.5. The van der Waals surface area contributed by atoms with Gasteiger partial charge < -0.3 is 5.32 Å². The van der Waals surface area contributed by atoms with E-state index in [9.17, 15) is 27.1 Å². The van der Waals surface area contributed by atoms with E-state index in [1.807, 2.05) is 58.4 Å². The fraction of sp³-hybridized carbons (Fsp3) is 0.400. The number of rotatable bonds is 8. The number of pyridine rings is 1. The standard InChI is InChI=1S/C35H40F3N7O3S2/c1-7-45-28-12-11-26(21(3)31(28)42-43-45)30(34(5,6)33(46)40-25-9-8-14-39-17-25)32-41-27(22(4)49-32)19-44-18-20(2)15-23-16-24(35(36,37)38)10-13-29(23)50(44,47)48/h8-14,16-17,20,30,47-48H,7,15,18-19H2,1-6H3,(H,40,46). The van der Waals surface area contributed by atoms with Crippen LogP contribution >= 0.6 is 22.1 Å². The summed E-state index contributed by atoms with van der Waals surface area (Å²) in [5.41, 5.74) is 2.89. The highest BCUT2D eigenvalue weighted by atomic mass is 32.3. The van der Waals surface area contributed by atoms with Crippen molar-refractivity contribution in [2.45, 2.75) is 78.0 Å². The lowest BCUT2D eigenvalue weighted by molar-refractivity contribution is -0.137. The Labute approximate surface area is 294 Å². The van der Waals surface area contributed by atoms with Crippen LogP contribution in [0.15, 0.2) is 59.8 Å². The van der Waals surface area contributed by atoms with Gasteiger partial charge in [-0.15, -0.1) is 27.2 Å². The molecule has 0 saturated heterocycles. The minimum Gasteiger partial charge on any atom is -0.324 e. The fourth-order valence-electron chi connectivity index (χ4n) is 6.67. The van der Waals surface area contributed by atoms with Crippen molar-refractivity contribution in [3.63, 3.8) is 0 Å². The number of aromatic nitrogens is 5. The molecule has 1 aliphatic heterocycles. The molecule has 0 saturated carbocycles. The molecule has 6 rings (SSSR count). The molecule has 0 aliphatic carbocycles. The third kappa shape index (κ3) is 6.64. The number of thiazole rings is 1. The van der Waals surface area contributed by atoms with Crippen LogP contribution in [0.2, 0.25) is 0 Å². The SMILES string of the molecule is CCn1nnc2c(C)c(C(c3nc(CN4CC(C)Cc5cc(C(F)(F)F)ccc5S4(O)O)c(C)s3)C(C)(C)C(=O)Nc3cccnc3)ccc21. The van der Waals surface area contributed by atoms with E-state index in [2.05, 4.69) is 20.6 Å². The molecule has 2 aromatic carbocycles. The first-order chi connectivity index (χ1) is 23.5. The first-order valence-corrected chi connectivity index (χ1v) is 18.6. The quantitative estimate of drug-likeness (QED) is 0.145. The molecular formula is C35H40F3N7O3S2. The molecule has 0 spiro atoms. The molecule has 15 heteroatoms. The second-order valence-electron chi connectivity index (χ2n) is 13.4. The van der Waals surface area contributed by atoms with Crippen LogP contribution in [-0.2, 0) is 30.5 Å². The molecule has 2 atom stereocenters. The molecule has 1 amide bonds. The first kappa shape index (κ1) is 35.9. The van der Waals surface area contributed by atoms with Gasteiger partial charge in [-0.25, -0.2) is 9.67 Å². The minimum absolute atomic E-state index is 0.0490. The van der Waals surface area contributed by atoms with Gasteiger partial charge in [-0.3, -0.25) is 18.9 Å². The van der Waals surface area contributed by atoms with Crippen LogP contribution < -0.4 is 5.32 Å². The minimum atomic E-state index is -4.55. The molecule has 5 aromatic rings. The maximum atomic E-state index is 14.1. The summed E-state index contributed by atoms with van der Waals surface area (Å²) in [6.07, 6.45) is -1.07. The largest absolute Gasteiger partial charge is 0.416 e. The second-order valence-corrected chi connectivity index (χ2v) is 16.7. The van der Waals surface area contributed by atoms with Crippen molar-refractivity contribution in [2.24, 2.45) is 11.3 Å². The third-order valence-electron chi connectivity index (χ3n) is 9.43. The highest BCUT2D eigenvalue weighted by molar-refractivity contribution is 8.22. The van der Waals surface area contributed by atoms with Gasteiger partial charge in [0.15, 0.2) is 0 Å². The average molecular weight is 728 g/mol. The summed E-state index contributed by atoms with van der Waals surface area (Å²) in [4.78, 5) is 24.2.